The van der Waals surface area contributed by atoms with E-state index in [9.17, 15) is 35.0 Å². The van der Waals surface area contributed by atoms with Gasteiger partial charge in [-0.15, -0.1) is 0 Å². The molecule has 0 aliphatic carbocycles. The lowest BCUT2D eigenvalue weighted by Crippen LogP contribution is -2.25. The summed E-state index contributed by atoms with van der Waals surface area (Å²) < 4.78 is 0. The van der Waals surface area contributed by atoms with Crippen molar-refractivity contribution in [2.45, 2.75) is 6.42 Å². The number of phenolic OH excluding ortho intramolecular Hbond substituents is 2. The van der Waals surface area contributed by atoms with E-state index in [-0.39, 0.29) is 17.5 Å². The Morgan fingerprint density at radius 3 is 2.38 bits per heavy atom. The highest BCUT2D eigenvalue weighted by Crippen LogP contribution is 2.36. The summed E-state index contributed by atoms with van der Waals surface area (Å²) in [4.78, 5) is 36.2. The third-order valence-corrected chi connectivity index (χ3v) is 2.73. The summed E-state index contributed by atoms with van der Waals surface area (Å²) in [6.45, 7) is 0. The van der Waals surface area contributed by atoms with E-state index >= 15 is 0 Å². The fourth-order valence-electron chi connectivity index (χ4n) is 1.77. The minimum Gasteiger partial charge on any atom is -0.504 e. The first-order chi connectivity index (χ1) is 9.79. The van der Waals surface area contributed by atoms with Crippen molar-refractivity contribution in [3.8, 4) is 17.4 Å². The minimum absolute atomic E-state index is 0.0878. The molecule has 0 atom stereocenters. The van der Waals surface area contributed by atoms with Gasteiger partial charge in [0.1, 0.15) is 0 Å². The number of H-pyrrole nitrogens is 2. The molecule has 10 nitrogen and oxygen atoms in total. The summed E-state index contributed by atoms with van der Waals surface area (Å²) in [6.07, 6.45) is -0.299. The molecular weight excluding hydrogens is 286 g/mol. The smallest absolute Gasteiger partial charge is 0.328 e. The summed E-state index contributed by atoms with van der Waals surface area (Å²) in [5.74, 6) is -2.32. The predicted octanol–water partition coefficient (Wildman–Crippen LogP) is -0.321. The lowest BCUT2D eigenvalue weighted by molar-refractivity contribution is -0.386. The third kappa shape index (κ3) is 2.68. The van der Waals surface area contributed by atoms with E-state index in [1.807, 2.05) is 9.97 Å². The van der Waals surface area contributed by atoms with E-state index in [0.29, 0.717) is 0 Å². The van der Waals surface area contributed by atoms with Crippen LogP contribution in [0.3, 0.4) is 0 Å². The van der Waals surface area contributed by atoms with Gasteiger partial charge in [0.2, 0.25) is 11.6 Å². The Morgan fingerprint density at radius 1 is 1.14 bits per heavy atom. The van der Waals surface area contributed by atoms with Gasteiger partial charge in [-0.3, -0.25) is 24.9 Å². The van der Waals surface area contributed by atoms with Crippen molar-refractivity contribution in [1.82, 2.24) is 9.97 Å². The Kier molecular flexibility index (Phi) is 3.36. The predicted molar refractivity (Wildman–Crippen MR) is 68.6 cm³/mol. The number of nitro benzene ring substituents is 1. The van der Waals surface area contributed by atoms with Crippen LogP contribution in [0, 0.1) is 10.1 Å². The first-order valence-electron chi connectivity index (χ1n) is 5.53. The molecular formula is C11H9N3O7. The number of hydrogen-bond donors (Lipinski definition) is 5. The van der Waals surface area contributed by atoms with Gasteiger partial charge < -0.3 is 15.3 Å². The Bertz CT molecular complexity index is 837. The number of phenols is 2. The molecule has 0 aliphatic heterocycles. The van der Waals surface area contributed by atoms with Gasteiger partial charge in [0, 0.05) is 12.5 Å². The first kappa shape index (κ1) is 14.1. The molecule has 0 spiro atoms. The molecule has 1 aromatic carbocycles. The maximum absolute atomic E-state index is 11.6. The average molecular weight is 295 g/mol. The first-order valence-corrected chi connectivity index (χ1v) is 5.53. The molecule has 0 amide bonds. The van der Waals surface area contributed by atoms with Crippen molar-refractivity contribution < 1.29 is 20.2 Å². The number of aromatic nitrogens is 2. The monoisotopic (exact) mass is 295 g/mol. The molecule has 2 aromatic rings. The fourth-order valence-corrected chi connectivity index (χ4v) is 1.77. The topological polar surface area (TPSA) is 170 Å². The van der Waals surface area contributed by atoms with Crippen molar-refractivity contribution in [3.63, 3.8) is 0 Å². The van der Waals surface area contributed by atoms with E-state index in [2.05, 4.69) is 0 Å². The van der Waals surface area contributed by atoms with Crippen LogP contribution >= 0.6 is 0 Å². The largest absolute Gasteiger partial charge is 0.504 e. The van der Waals surface area contributed by atoms with Crippen molar-refractivity contribution in [2.24, 2.45) is 0 Å². The zero-order chi connectivity index (χ0) is 15.7. The molecule has 21 heavy (non-hydrogen) atoms. The van der Waals surface area contributed by atoms with Gasteiger partial charge in [-0.25, -0.2) is 4.79 Å². The molecule has 1 aromatic heterocycles. The summed E-state index contributed by atoms with van der Waals surface area (Å²) in [5.41, 5.74) is -2.67. The molecule has 0 saturated carbocycles. The normalized spacial score (nSPS) is 10.5. The number of benzene rings is 1. The highest BCUT2D eigenvalue weighted by atomic mass is 16.6. The highest BCUT2D eigenvalue weighted by Gasteiger charge is 2.20. The molecule has 0 fully saturated rings. The van der Waals surface area contributed by atoms with Crippen LogP contribution in [0.25, 0.3) is 0 Å². The molecule has 2 rings (SSSR count). The van der Waals surface area contributed by atoms with Crippen LogP contribution < -0.4 is 11.2 Å². The van der Waals surface area contributed by atoms with Gasteiger partial charge in [-0.05, 0) is 11.6 Å². The van der Waals surface area contributed by atoms with Crippen LogP contribution in [0.2, 0.25) is 0 Å². The van der Waals surface area contributed by atoms with Crippen LogP contribution in [-0.2, 0) is 6.42 Å². The number of hydrogen-bond acceptors (Lipinski definition) is 7. The number of aromatic hydroxyl groups is 3. The number of nitrogens with zero attached hydrogens (tertiary/aromatic N) is 1. The van der Waals surface area contributed by atoms with Crippen LogP contribution in [0.15, 0.2) is 21.7 Å². The van der Waals surface area contributed by atoms with E-state index in [0.717, 1.165) is 12.1 Å². The molecule has 0 saturated heterocycles. The molecule has 110 valence electrons. The minimum atomic E-state index is -0.907. The fraction of sp³-hybridized carbons (Fsp3) is 0.0909. The van der Waals surface area contributed by atoms with E-state index in [1.54, 1.807) is 0 Å². The summed E-state index contributed by atoms with van der Waals surface area (Å²) >= 11 is 0. The highest BCUT2D eigenvalue weighted by molar-refractivity contribution is 5.57. The molecule has 1 heterocycles. The summed E-state index contributed by atoms with van der Waals surface area (Å²) in [6, 6.07) is 1.95. The molecule has 5 N–H and O–H groups in total. The lowest BCUT2D eigenvalue weighted by atomic mass is 10.1. The van der Waals surface area contributed by atoms with Gasteiger partial charge in [-0.2, -0.15) is 0 Å². The van der Waals surface area contributed by atoms with Gasteiger partial charge in [0.05, 0.1) is 10.5 Å². The second kappa shape index (κ2) is 5.00. The van der Waals surface area contributed by atoms with E-state index in [1.165, 1.54) is 0 Å². The number of rotatable bonds is 3. The van der Waals surface area contributed by atoms with Crippen molar-refractivity contribution in [3.05, 3.63) is 54.2 Å². The van der Waals surface area contributed by atoms with Crippen molar-refractivity contribution >= 4 is 5.69 Å². The van der Waals surface area contributed by atoms with Crippen molar-refractivity contribution in [1.29, 1.82) is 0 Å². The van der Waals surface area contributed by atoms with Gasteiger partial charge in [-0.1, -0.05) is 0 Å². The number of aromatic amines is 2. The average Bonchev–Trinajstić information content (AvgIpc) is 2.37. The van der Waals surface area contributed by atoms with Gasteiger partial charge in [0.25, 0.3) is 5.56 Å². The SMILES string of the molecule is O=c1[nH]c(O)c(Cc2cc(O)c(O)c([N+](=O)[O-])c2)c(=O)[nH]1. The molecule has 0 radical (unpaired) electrons. The van der Waals surface area contributed by atoms with Gasteiger partial charge >= 0.3 is 11.4 Å². The lowest BCUT2D eigenvalue weighted by Gasteiger charge is -2.05. The number of nitro groups is 1. The summed E-state index contributed by atoms with van der Waals surface area (Å²) in [7, 11) is 0. The Labute approximate surface area is 115 Å². The molecule has 0 bridgehead atoms. The molecule has 0 unspecified atom stereocenters. The van der Waals surface area contributed by atoms with E-state index in [4.69, 9.17) is 0 Å². The third-order valence-electron chi connectivity index (χ3n) is 2.73. The standard InChI is InChI=1S/C11H9N3O7/c15-7-3-4(2-6(8(7)16)14(20)21)1-5-9(17)12-11(19)13-10(5)18/h2-3,15-16H,1H2,(H3,12,13,17,18,19). The van der Waals surface area contributed by atoms with E-state index < -0.39 is 39.2 Å². The zero-order valence-corrected chi connectivity index (χ0v) is 10.3. The Balaban J connectivity index is 2.53. The maximum Gasteiger partial charge on any atom is 0.328 e. The van der Waals surface area contributed by atoms with Crippen LogP contribution in [0.4, 0.5) is 5.69 Å². The second-order valence-corrected chi connectivity index (χ2v) is 4.15. The van der Waals surface area contributed by atoms with Crippen LogP contribution in [-0.4, -0.2) is 30.2 Å². The maximum atomic E-state index is 11.6. The number of nitrogens with one attached hydrogen (secondary N) is 2. The summed E-state index contributed by atoms with van der Waals surface area (Å²) in [5, 5.41) is 39.0. The van der Waals surface area contributed by atoms with Gasteiger partial charge in [0.15, 0.2) is 5.75 Å². The van der Waals surface area contributed by atoms with Crippen molar-refractivity contribution in [2.75, 3.05) is 0 Å². The van der Waals surface area contributed by atoms with Crippen LogP contribution in [0.1, 0.15) is 11.1 Å². The van der Waals surface area contributed by atoms with Crippen LogP contribution in [0.5, 0.6) is 17.4 Å². The quantitative estimate of drug-likeness (QED) is 0.293. The molecule has 0 aliphatic rings. The zero-order valence-electron chi connectivity index (χ0n) is 10.3. The Morgan fingerprint density at radius 2 is 1.81 bits per heavy atom. The Hall–Kier alpha value is -3.30. The second-order valence-electron chi connectivity index (χ2n) is 4.15. The molecule has 10 heteroatoms.